The van der Waals surface area contributed by atoms with E-state index < -0.39 is 6.67 Å². The van der Waals surface area contributed by atoms with E-state index in [0.717, 1.165) is 0 Å². The average molecular weight is 148 g/mol. The predicted molar refractivity (Wildman–Crippen MR) is 36.3 cm³/mol. The molecule has 0 amide bonds. The molecule has 0 bridgehead atoms. The normalized spacial score (nSPS) is 8.11. The molecule has 1 aromatic rings. The molecular formula is C6H7ClFN. The van der Waals surface area contributed by atoms with Gasteiger partial charge in [-0.2, -0.15) is 0 Å². The third kappa shape index (κ3) is 2.42. The Labute approximate surface area is 59.3 Å². The van der Waals surface area contributed by atoms with Crippen LogP contribution in [-0.2, 0) is 6.67 Å². The van der Waals surface area contributed by atoms with Crippen LogP contribution >= 0.6 is 12.4 Å². The van der Waals surface area contributed by atoms with Gasteiger partial charge in [0.2, 0.25) is 0 Å². The Bertz CT molecular complexity index is 154. The molecule has 0 radical (unpaired) electrons. The van der Waals surface area contributed by atoms with Crippen LogP contribution in [0.15, 0.2) is 24.4 Å². The van der Waals surface area contributed by atoms with E-state index in [4.69, 9.17) is 0 Å². The number of hydrogen-bond acceptors (Lipinski definition) is 1. The van der Waals surface area contributed by atoms with Crippen LogP contribution in [0.2, 0.25) is 0 Å². The first kappa shape index (κ1) is 8.37. The van der Waals surface area contributed by atoms with Crippen molar-refractivity contribution >= 4 is 12.4 Å². The van der Waals surface area contributed by atoms with Gasteiger partial charge in [0.05, 0.1) is 5.69 Å². The summed E-state index contributed by atoms with van der Waals surface area (Å²) in [5.41, 5.74) is 0.493. The minimum absolute atomic E-state index is 0. The Morgan fingerprint density at radius 2 is 2.22 bits per heavy atom. The Balaban J connectivity index is 0.000000640. The monoisotopic (exact) mass is 147 g/mol. The van der Waals surface area contributed by atoms with Crippen molar-refractivity contribution in [3.63, 3.8) is 0 Å². The molecule has 0 unspecified atom stereocenters. The fraction of sp³-hybridized carbons (Fsp3) is 0.167. The minimum Gasteiger partial charge on any atom is -0.259 e. The summed E-state index contributed by atoms with van der Waals surface area (Å²) in [6.45, 7) is -0.471. The molecule has 0 aliphatic rings. The molecule has 0 N–H and O–H groups in total. The number of hydrogen-bond donors (Lipinski definition) is 0. The molecular weight excluding hydrogens is 141 g/mol. The second-order valence-corrected chi connectivity index (χ2v) is 1.45. The van der Waals surface area contributed by atoms with Crippen LogP contribution in [0.4, 0.5) is 4.39 Å². The first-order valence-corrected chi connectivity index (χ1v) is 2.39. The summed E-state index contributed by atoms with van der Waals surface area (Å²) in [6, 6.07) is 5.18. The van der Waals surface area contributed by atoms with Gasteiger partial charge >= 0.3 is 0 Å². The molecule has 0 saturated heterocycles. The summed E-state index contributed by atoms with van der Waals surface area (Å²) in [7, 11) is 0. The van der Waals surface area contributed by atoms with Gasteiger partial charge in [0.1, 0.15) is 6.67 Å². The number of nitrogens with zero attached hydrogens (tertiary/aromatic N) is 1. The van der Waals surface area contributed by atoms with Gasteiger partial charge in [-0.05, 0) is 12.1 Å². The molecule has 0 atom stereocenters. The van der Waals surface area contributed by atoms with E-state index in [0.29, 0.717) is 5.69 Å². The second kappa shape index (κ2) is 4.27. The standard InChI is InChI=1S/C6H6FN.ClH/c7-5-6-3-1-2-4-8-6;/h1-4H,5H2;1H. The van der Waals surface area contributed by atoms with Crippen molar-refractivity contribution in [2.24, 2.45) is 0 Å². The van der Waals surface area contributed by atoms with Crippen LogP contribution in [0.1, 0.15) is 5.69 Å². The first-order valence-electron chi connectivity index (χ1n) is 2.39. The fourth-order valence-corrected chi connectivity index (χ4v) is 0.477. The van der Waals surface area contributed by atoms with Gasteiger partial charge < -0.3 is 0 Å². The first-order chi connectivity index (χ1) is 3.93. The van der Waals surface area contributed by atoms with Crippen LogP contribution in [0.5, 0.6) is 0 Å². The van der Waals surface area contributed by atoms with E-state index in [1.54, 1.807) is 24.4 Å². The van der Waals surface area contributed by atoms with Crippen molar-refractivity contribution in [2.75, 3.05) is 0 Å². The van der Waals surface area contributed by atoms with Gasteiger partial charge in [0.25, 0.3) is 0 Å². The number of alkyl halides is 1. The van der Waals surface area contributed by atoms with Crippen LogP contribution in [0.25, 0.3) is 0 Å². The Morgan fingerprint density at radius 3 is 2.56 bits per heavy atom. The van der Waals surface area contributed by atoms with Crippen molar-refractivity contribution < 1.29 is 4.39 Å². The molecule has 0 aromatic carbocycles. The zero-order valence-corrected chi connectivity index (χ0v) is 5.57. The van der Waals surface area contributed by atoms with Gasteiger partial charge in [-0.1, -0.05) is 6.07 Å². The van der Waals surface area contributed by atoms with Crippen molar-refractivity contribution in [1.82, 2.24) is 4.98 Å². The molecule has 0 aliphatic heterocycles. The van der Waals surface area contributed by atoms with Gasteiger partial charge in [-0.15, -0.1) is 12.4 Å². The van der Waals surface area contributed by atoms with E-state index >= 15 is 0 Å². The highest BCUT2D eigenvalue weighted by Gasteiger charge is 1.84. The van der Waals surface area contributed by atoms with Gasteiger partial charge in [-0.3, -0.25) is 4.98 Å². The molecule has 1 heterocycles. The summed E-state index contributed by atoms with van der Waals surface area (Å²) in [6.07, 6.45) is 1.58. The summed E-state index contributed by atoms with van der Waals surface area (Å²) in [5, 5.41) is 0. The minimum atomic E-state index is -0.471. The Morgan fingerprint density at radius 1 is 1.44 bits per heavy atom. The number of pyridine rings is 1. The number of aromatic nitrogens is 1. The van der Waals surface area contributed by atoms with Crippen LogP contribution in [0.3, 0.4) is 0 Å². The molecule has 50 valence electrons. The topological polar surface area (TPSA) is 12.9 Å². The van der Waals surface area contributed by atoms with Gasteiger partial charge in [0, 0.05) is 6.20 Å². The second-order valence-electron chi connectivity index (χ2n) is 1.45. The zero-order valence-electron chi connectivity index (χ0n) is 4.75. The van der Waals surface area contributed by atoms with Crippen molar-refractivity contribution in [3.8, 4) is 0 Å². The predicted octanol–water partition coefficient (Wildman–Crippen LogP) is 1.97. The maximum Gasteiger partial charge on any atom is 0.131 e. The third-order valence-corrected chi connectivity index (χ3v) is 0.863. The molecule has 9 heavy (non-hydrogen) atoms. The van der Waals surface area contributed by atoms with E-state index in [2.05, 4.69) is 4.98 Å². The highest BCUT2D eigenvalue weighted by atomic mass is 35.5. The molecule has 0 saturated carbocycles. The smallest absolute Gasteiger partial charge is 0.131 e. The molecule has 0 spiro atoms. The summed E-state index contributed by atoms with van der Waals surface area (Å²) in [5.74, 6) is 0. The van der Waals surface area contributed by atoms with Crippen molar-refractivity contribution in [2.45, 2.75) is 6.67 Å². The lowest BCUT2D eigenvalue weighted by Crippen LogP contribution is -1.80. The fourth-order valence-electron chi connectivity index (χ4n) is 0.477. The summed E-state index contributed by atoms with van der Waals surface area (Å²) >= 11 is 0. The lowest BCUT2D eigenvalue weighted by Gasteiger charge is -1.86. The largest absolute Gasteiger partial charge is 0.259 e. The maximum absolute atomic E-state index is 11.7. The highest BCUT2D eigenvalue weighted by Crippen LogP contribution is 1.93. The SMILES string of the molecule is Cl.FCc1ccccn1. The van der Waals surface area contributed by atoms with E-state index in [1.807, 2.05) is 0 Å². The van der Waals surface area contributed by atoms with Crippen molar-refractivity contribution in [3.05, 3.63) is 30.1 Å². The molecule has 1 nitrogen and oxygen atoms in total. The molecule has 1 aromatic heterocycles. The van der Waals surface area contributed by atoms with Crippen molar-refractivity contribution in [1.29, 1.82) is 0 Å². The van der Waals surface area contributed by atoms with E-state index in [9.17, 15) is 4.39 Å². The van der Waals surface area contributed by atoms with Gasteiger partial charge in [0.15, 0.2) is 0 Å². The third-order valence-electron chi connectivity index (χ3n) is 0.863. The molecule has 0 fully saturated rings. The maximum atomic E-state index is 11.7. The van der Waals surface area contributed by atoms with Gasteiger partial charge in [-0.25, -0.2) is 4.39 Å². The lowest BCUT2D eigenvalue weighted by molar-refractivity contribution is 0.476. The molecule has 3 heteroatoms. The van der Waals surface area contributed by atoms with Crippen LogP contribution in [0, 0.1) is 0 Å². The average Bonchev–Trinajstić information content (AvgIpc) is 1.90. The highest BCUT2D eigenvalue weighted by molar-refractivity contribution is 5.85. The summed E-state index contributed by atoms with van der Waals surface area (Å²) in [4.78, 5) is 3.72. The van der Waals surface area contributed by atoms with E-state index in [-0.39, 0.29) is 12.4 Å². The molecule has 1 rings (SSSR count). The Kier molecular flexibility index (Phi) is 3.97. The molecule has 0 aliphatic carbocycles. The Hall–Kier alpha value is -0.630. The number of halogens is 2. The number of rotatable bonds is 1. The van der Waals surface area contributed by atoms with Crippen LogP contribution in [-0.4, -0.2) is 4.98 Å². The lowest BCUT2D eigenvalue weighted by atomic mass is 10.4. The quantitative estimate of drug-likeness (QED) is 0.592. The zero-order chi connectivity index (χ0) is 5.82. The summed E-state index contributed by atoms with van der Waals surface area (Å²) < 4.78 is 11.7. The van der Waals surface area contributed by atoms with E-state index in [1.165, 1.54) is 0 Å². The van der Waals surface area contributed by atoms with Crippen LogP contribution < -0.4 is 0 Å².